The second-order valence-electron chi connectivity index (χ2n) is 6.32. The summed E-state index contributed by atoms with van der Waals surface area (Å²) in [6.45, 7) is 2.42. The van der Waals surface area contributed by atoms with Crippen LogP contribution >= 0.6 is 0 Å². The van der Waals surface area contributed by atoms with Crippen LogP contribution in [0.3, 0.4) is 0 Å². The first-order valence-corrected chi connectivity index (χ1v) is 7.99. The molecule has 1 unspecified atom stereocenters. The molecule has 1 atom stereocenters. The van der Waals surface area contributed by atoms with E-state index in [-0.39, 0.29) is 5.82 Å². The van der Waals surface area contributed by atoms with E-state index in [1.54, 1.807) is 6.07 Å². The molecule has 0 radical (unpaired) electrons. The van der Waals surface area contributed by atoms with Gasteiger partial charge in [-0.25, -0.2) is 4.39 Å². The van der Waals surface area contributed by atoms with Gasteiger partial charge in [0.2, 0.25) is 0 Å². The first kappa shape index (κ1) is 14.2. The molecule has 23 heavy (non-hydrogen) atoms. The highest BCUT2D eigenvalue weighted by atomic mass is 19.1. The second-order valence-corrected chi connectivity index (χ2v) is 6.32. The molecular weight excluding hydrogens is 285 g/mol. The summed E-state index contributed by atoms with van der Waals surface area (Å²) < 4.78 is 15.0. The molecule has 4 rings (SSSR count). The zero-order valence-electron chi connectivity index (χ0n) is 13.0. The van der Waals surface area contributed by atoms with Crippen molar-refractivity contribution in [3.63, 3.8) is 0 Å². The third-order valence-electron chi connectivity index (χ3n) is 4.78. The Balaban J connectivity index is 1.80. The molecule has 0 spiro atoms. The minimum Gasteiger partial charge on any atom is -0.280 e. The van der Waals surface area contributed by atoms with E-state index in [2.05, 4.69) is 54.6 Å². The number of quaternary nitrogens is 1. The molecule has 0 amide bonds. The molecule has 0 aromatic heterocycles. The number of benzene rings is 3. The third kappa shape index (κ3) is 2.55. The molecule has 0 aliphatic carbocycles. The van der Waals surface area contributed by atoms with E-state index in [1.807, 2.05) is 18.2 Å². The van der Waals surface area contributed by atoms with Crippen molar-refractivity contribution in [1.29, 1.82) is 0 Å². The average molecular weight is 304 g/mol. The predicted octanol–water partition coefficient (Wildman–Crippen LogP) is 5.05. The monoisotopic (exact) mass is 304 g/mol. The lowest BCUT2D eigenvalue weighted by molar-refractivity contribution is 0.271. The smallest absolute Gasteiger partial charge is 0.133 e. The van der Waals surface area contributed by atoms with E-state index < -0.39 is 0 Å². The van der Waals surface area contributed by atoms with E-state index in [0.29, 0.717) is 6.54 Å². The maximum absolute atomic E-state index is 14.3. The van der Waals surface area contributed by atoms with Crippen LogP contribution in [-0.2, 0) is 19.6 Å². The van der Waals surface area contributed by atoms with Crippen LogP contribution < -0.4 is 4.48 Å². The van der Waals surface area contributed by atoms with Crippen molar-refractivity contribution >= 4 is 5.69 Å². The second kappa shape index (κ2) is 5.64. The lowest BCUT2D eigenvalue weighted by Crippen LogP contribution is -2.43. The van der Waals surface area contributed by atoms with Crippen LogP contribution in [0.25, 0.3) is 0 Å². The fourth-order valence-electron chi connectivity index (χ4n) is 3.68. The van der Waals surface area contributed by atoms with Gasteiger partial charge in [0.05, 0.1) is 5.56 Å². The predicted molar refractivity (Wildman–Crippen MR) is 92.2 cm³/mol. The minimum atomic E-state index is -0.0773. The van der Waals surface area contributed by atoms with Crippen molar-refractivity contribution in [1.82, 2.24) is 4.48 Å². The van der Waals surface area contributed by atoms with E-state index in [4.69, 9.17) is 0 Å². The topological polar surface area (TPSA) is 0 Å². The van der Waals surface area contributed by atoms with Crippen molar-refractivity contribution in [2.45, 2.75) is 19.6 Å². The molecule has 0 saturated heterocycles. The molecule has 3 aromatic carbocycles. The van der Waals surface area contributed by atoms with E-state index in [1.165, 1.54) is 11.3 Å². The van der Waals surface area contributed by atoms with Gasteiger partial charge < -0.3 is 0 Å². The van der Waals surface area contributed by atoms with Crippen LogP contribution in [0.15, 0.2) is 78.9 Å². The number of fused-ring (bicyclic) bond motifs is 1. The van der Waals surface area contributed by atoms with E-state index in [9.17, 15) is 4.39 Å². The Bertz CT molecular complexity index is 814. The Hall–Kier alpha value is -2.45. The first-order valence-electron chi connectivity index (χ1n) is 7.99. The van der Waals surface area contributed by atoms with Gasteiger partial charge in [-0.15, -0.1) is 0 Å². The summed E-state index contributed by atoms with van der Waals surface area (Å²) in [5.41, 5.74) is 4.52. The van der Waals surface area contributed by atoms with E-state index in [0.717, 1.165) is 28.7 Å². The largest absolute Gasteiger partial charge is 0.280 e. The number of nitrogens with zero attached hydrogens (tertiary/aromatic N) is 1. The summed E-state index contributed by atoms with van der Waals surface area (Å²) in [7, 11) is 0. The average Bonchev–Trinajstić information content (AvgIpc) is 2.98. The fourth-order valence-corrected chi connectivity index (χ4v) is 3.68. The van der Waals surface area contributed by atoms with Crippen molar-refractivity contribution in [2.75, 3.05) is 0 Å². The van der Waals surface area contributed by atoms with Crippen LogP contribution in [0.2, 0.25) is 0 Å². The maximum atomic E-state index is 14.3. The molecule has 0 N–H and O–H groups in total. The summed E-state index contributed by atoms with van der Waals surface area (Å²) in [5.74, 6) is -0.0773. The van der Waals surface area contributed by atoms with Crippen molar-refractivity contribution < 1.29 is 4.39 Å². The standard InChI is InChI=1S/C21H19FN/c22-21-13-7-10-18-15-23(16-20(18)21,19-11-5-2-6-12-19)14-17-8-3-1-4-9-17/h1-13H,14-16H2/q+1. The van der Waals surface area contributed by atoms with Gasteiger partial charge in [-0.1, -0.05) is 60.7 Å². The molecule has 1 aliphatic heterocycles. The molecule has 2 heteroatoms. The summed E-state index contributed by atoms with van der Waals surface area (Å²) in [6.07, 6.45) is 0. The first-order chi connectivity index (χ1) is 11.3. The van der Waals surface area contributed by atoms with Gasteiger partial charge in [0, 0.05) is 11.1 Å². The Morgan fingerprint density at radius 1 is 0.739 bits per heavy atom. The highest BCUT2D eigenvalue weighted by Gasteiger charge is 2.39. The highest BCUT2D eigenvalue weighted by Crippen LogP contribution is 2.38. The summed E-state index contributed by atoms with van der Waals surface area (Å²) in [6, 6.07) is 26.4. The normalized spacial score (nSPS) is 19.5. The van der Waals surface area contributed by atoms with Crippen LogP contribution in [0, 0.1) is 5.82 Å². The molecule has 1 nitrogen and oxygen atoms in total. The lowest BCUT2D eigenvalue weighted by Gasteiger charge is -2.34. The van der Waals surface area contributed by atoms with Gasteiger partial charge in [-0.3, -0.25) is 4.48 Å². The van der Waals surface area contributed by atoms with Crippen LogP contribution in [-0.4, -0.2) is 0 Å². The number of para-hydroxylation sites is 1. The Morgan fingerprint density at radius 3 is 2.13 bits per heavy atom. The highest BCUT2D eigenvalue weighted by molar-refractivity contribution is 5.49. The quantitative estimate of drug-likeness (QED) is 0.594. The van der Waals surface area contributed by atoms with Crippen LogP contribution in [0.4, 0.5) is 10.1 Å². The SMILES string of the molecule is Fc1cccc2c1C[N+](Cc1ccccc1)(c1ccccc1)C2. The molecular formula is C21H19FN+. The minimum absolute atomic E-state index is 0.0773. The van der Waals surface area contributed by atoms with Gasteiger partial charge in [-0.05, 0) is 18.2 Å². The van der Waals surface area contributed by atoms with Gasteiger partial charge in [0.1, 0.15) is 31.1 Å². The zero-order chi connectivity index (χ0) is 15.7. The third-order valence-corrected chi connectivity index (χ3v) is 4.78. The summed E-state index contributed by atoms with van der Waals surface area (Å²) in [4.78, 5) is 0. The van der Waals surface area contributed by atoms with Crippen LogP contribution in [0.5, 0.6) is 0 Å². The molecule has 1 heterocycles. The van der Waals surface area contributed by atoms with Crippen molar-refractivity contribution in [2.24, 2.45) is 0 Å². The number of hydrogen-bond acceptors (Lipinski definition) is 0. The molecule has 0 fully saturated rings. The van der Waals surface area contributed by atoms with Gasteiger partial charge >= 0.3 is 0 Å². The zero-order valence-corrected chi connectivity index (χ0v) is 13.0. The van der Waals surface area contributed by atoms with Crippen molar-refractivity contribution in [3.8, 4) is 0 Å². The van der Waals surface area contributed by atoms with Gasteiger partial charge in [0.15, 0.2) is 0 Å². The number of hydrogen-bond donors (Lipinski definition) is 0. The Labute approximate surface area is 136 Å². The fraction of sp³-hybridized carbons (Fsp3) is 0.143. The van der Waals surface area contributed by atoms with E-state index >= 15 is 0 Å². The Morgan fingerprint density at radius 2 is 1.43 bits per heavy atom. The van der Waals surface area contributed by atoms with Crippen LogP contribution in [0.1, 0.15) is 16.7 Å². The maximum Gasteiger partial charge on any atom is 0.133 e. The number of halogens is 1. The van der Waals surface area contributed by atoms with Gasteiger partial charge in [0.25, 0.3) is 0 Å². The molecule has 114 valence electrons. The Kier molecular flexibility index (Phi) is 3.47. The molecule has 3 aromatic rings. The van der Waals surface area contributed by atoms with Gasteiger partial charge in [-0.2, -0.15) is 0 Å². The summed E-state index contributed by atoms with van der Waals surface area (Å²) >= 11 is 0. The molecule has 0 bridgehead atoms. The van der Waals surface area contributed by atoms with Crippen molar-refractivity contribution in [3.05, 3.63) is 101 Å². The lowest BCUT2D eigenvalue weighted by atomic mass is 10.1. The molecule has 1 aliphatic rings. The number of rotatable bonds is 3. The molecule has 0 saturated carbocycles. The summed E-state index contributed by atoms with van der Waals surface area (Å²) in [5, 5.41) is 0.